The van der Waals surface area contributed by atoms with Gasteiger partial charge in [-0.25, -0.2) is 8.78 Å². The lowest BCUT2D eigenvalue weighted by Gasteiger charge is -2.27. The molecule has 0 saturated carbocycles. The molecular formula is C14H17F2NO4. The summed E-state index contributed by atoms with van der Waals surface area (Å²) in [5.74, 6) is -4.55. The number of aliphatic carboxylic acids is 2. The van der Waals surface area contributed by atoms with Crippen LogP contribution in [0, 0.1) is 17.6 Å². The minimum atomic E-state index is -1.09. The maximum atomic E-state index is 13.8. The van der Waals surface area contributed by atoms with Gasteiger partial charge in [0.05, 0.1) is 5.92 Å². The molecule has 0 heterocycles. The van der Waals surface area contributed by atoms with Crippen molar-refractivity contribution in [3.63, 3.8) is 0 Å². The molecule has 1 aromatic carbocycles. The molecule has 0 radical (unpaired) electrons. The molecule has 1 unspecified atom stereocenters. The van der Waals surface area contributed by atoms with Crippen LogP contribution in [0.3, 0.4) is 0 Å². The molecule has 0 aliphatic rings. The summed E-state index contributed by atoms with van der Waals surface area (Å²) in [5, 5.41) is 17.5. The van der Waals surface area contributed by atoms with E-state index in [9.17, 15) is 18.4 Å². The Morgan fingerprint density at radius 2 is 1.81 bits per heavy atom. The van der Waals surface area contributed by atoms with Crippen molar-refractivity contribution in [1.82, 2.24) is 0 Å². The topological polar surface area (TPSA) is 77.8 Å². The number of carboxylic acid groups (broad SMARTS) is 2. The summed E-state index contributed by atoms with van der Waals surface area (Å²) < 4.78 is 27.6. The first-order valence-electron chi connectivity index (χ1n) is 6.46. The highest BCUT2D eigenvalue weighted by molar-refractivity contribution is 5.70. The fourth-order valence-corrected chi connectivity index (χ4v) is 1.92. The van der Waals surface area contributed by atoms with Crippen LogP contribution in [0.4, 0.5) is 14.5 Å². The van der Waals surface area contributed by atoms with E-state index in [2.05, 4.69) is 0 Å². The van der Waals surface area contributed by atoms with Crippen LogP contribution in [0.25, 0.3) is 0 Å². The number of carboxylic acids is 2. The number of rotatable bonds is 8. The molecule has 0 bridgehead atoms. The third kappa shape index (κ3) is 5.02. The predicted octanol–water partition coefficient (Wildman–Crippen LogP) is 2.36. The monoisotopic (exact) mass is 301 g/mol. The van der Waals surface area contributed by atoms with Crippen LogP contribution < -0.4 is 4.90 Å². The fourth-order valence-electron chi connectivity index (χ4n) is 1.92. The van der Waals surface area contributed by atoms with Crippen LogP contribution in [-0.4, -0.2) is 35.2 Å². The van der Waals surface area contributed by atoms with Crippen molar-refractivity contribution in [2.75, 3.05) is 18.0 Å². The van der Waals surface area contributed by atoms with Gasteiger partial charge in [-0.15, -0.1) is 0 Å². The average Bonchev–Trinajstić information content (AvgIpc) is 2.37. The van der Waals surface area contributed by atoms with Crippen molar-refractivity contribution in [3.8, 4) is 0 Å². The number of anilines is 1. The first-order chi connectivity index (χ1) is 9.82. The van der Waals surface area contributed by atoms with Gasteiger partial charge in [0.15, 0.2) is 0 Å². The van der Waals surface area contributed by atoms with Gasteiger partial charge in [0.1, 0.15) is 17.3 Å². The van der Waals surface area contributed by atoms with Crippen LogP contribution in [0.1, 0.15) is 19.8 Å². The van der Waals surface area contributed by atoms with Crippen molar-refractivity contribution in [3.05, 3.63) is 29.8 Å². The standard InChI is InChI=1S/C14H17F2NO4/c1-9(14(20)21)8-17(7-3-6-12(18)19)13-10(15)4-2-5-11(13)16/h2,4-5,9H,3,6-8H2,1H3,(H,18,19)(H,20,21). The minimum absolute atomic E-state index is 0.0573. The quantitative estimate of drug-likeness (QED) is 0.770. The number of hydrogen-bond donors (Lipinski definition) is 2. The Labute approximate surface area is 120 Å². The molecule has 1 rings (SSSR count). The summed E-state index contributed by atoms with van der Waals surface area (Å²) in [5.41, 5.74) is -0.323. The second-order valence-electron chi connectivity index (χ2n) is 4.75. The number of para-hydroxylation sites is 1. The molecule has 0 aromatic heterocycles. The molecule has 0 spiro atoms. The zero-order valence-electron chi connectivity index (χ0n) is 11.6. The van der Waals surface area contributed by atoms with E-state index >= 15 is 0 Å². The summed E-state index contributed by atoms with van der Waals surface area (Å²) in [6, 6.07) is 3.37. The van der Waals surface area contributed by atoms with Crippen molar-refractivity contribution >= 4 is 17.6 Å². The van der Waals surface area contributed by atoms with Gasteiger partial charge in [0.25, 0.3) is 0 Å². The maximum Gasteiger partial charge on any atom is 0.308 e. The van der Waals surface area contributed by atoms with Crippen LogP contribution in [0.5, 0.6) is 0 Å². The highest BCUT2D eigenvalue weighted by Crippen LogP contribution is 2.24. The van der Waals surface area contributed by atoms with Gasteiger partial charge in [-0.1, -0.05) is 13.0 Å². The van der Waals surface area contributed by atoms with Crippen LogP contribution >= 0.6 is 0 Å². The lowest BCUT2D eigenvalue weighted by atomic mass is 10.1. The van der Waals surface area contributed by atoms with Crippen molar-refractivity contribution in [1.29, 1.82) is 0 Å². The number of halogens is 2. The van der Waals surface area contributed by atoms with Crippen LogP contribution in [0.2, 0.25) is 0 Å². The summed E-state index contributed by atoms with van der Waals surface area (Å²) >= 11 is 0. The van der Waals surface area contributed by atoms with E-state index in [0.717, 1.165) is 12.1 Å². The number of carbonyl (C=O) groups is 2. The molecular weight excluding hydrogens is 284 g/mol. The summed E-state index contributed by atoms with van der Waals surface area (Å²) in [4.78, 5) is 22.7. The Kier molecular flexibility index (Phi) is 6.08. The third-order valence-corrected chi connectivity index (χ3v) is 2.99. The van der Waals surface area contributed by atoms with Crippen LogP contribution in [-0.2, 0) is 9.59 Å². The summed E-state index contributed by atoms with van der Waals surface area (Å²) in [6.45, 7) is 1.37. The molecule has 0 amide bonds. The Morgan fingerprint density at radius 3 is 2.29 bits per heavy atom. The molecule has 7 heteroatoms. The fraction of sp³-hybridized carbons (Fsp3) is 0.429. The Hall–Kier alpha value is -2.18. The molecule has 2 N–H and O–H groups in total. The second kappa shape index (κ2) is 7.56. The molecule has 1 aromatic rings. The highest BCUT2D eigenvalue weighted by Gasteiger charge is 2.21. The Morgan fingerprint density at radius 1 is 1.24 bits per heavy atom. The van der Waals surface area contributed by atoms with Gasteiger partial charge in [0, 0.05) is 19.5 Å². The van der Waals surface area contributed by atoms with E-state index in [1.54, 1.807) is 0 Å². The zero-order valence-corrected chi connectivity index (χ0v) is 11.6. The molecule has 0 aliphatic heterocycles. The Balaban J connectivity index is 2.94. The third-order valence-electron chi connectivity index (χ3n) is 2.99. The number of hydrogen-bond acceptors (Lipinski definition) is 3. The average molecular weight is 301 g/mol. The second-order valence-corrected chi connectivity index (χ2v) is 4.75. The molecule has 0 aliphatic carbocycles. The van der Waals surface area contributed by atoms with E-state index in [0.29, 0.717) is 0 Å². The van der Waals surface area contributed by atoms with Crippen molar-refractivity contribution in [2.45, 2.75) is 19.8 Å². The smallest absolute Gasteiger partial charge is 0.308 e. The van der Waals surface area contributed by atoms with Gasteiger partial charge in [-0.05, 0) is 18.6 Å². The van der Waals surface area contributed by atoms with Crippen molar-refractivity contribution < 1.29 is 28.6 Å². The van der Waals surface area contributed by atoms with E-state index in [-0.39, 0.29) is 31.6 Å². The highest BCUT2D eigenvalue weighted by atomic mass is 19.1. The van der Waals surface area contributed by atoms with Crippen LogP contribution in [0.15, 0.2) is 18.2 Å². The molecule has 0 fully saturated rings. The Bertz CT molecular complexity index is 501. The molecule has 116 valence electrons. The van der Waals surface area contributed by atoms with Gasteiger partial charge in [0.2, 0.25) is 0 Å². The minimum Gasteiger partial charge on any atom is -0.481 e. The lowest BCUT2D eigenvalue weighted by molar-refractivity contribution is -0.141. The van der Waals surface area contributed by atoms with E-state index < -0.39 is 29.5 Å². The number of nitrogens with zero attached hydrogens (tertiary/aromatic N) is 1. The van der Waals surface area contributed by atoms with Gasteiger partial charge < -0.3 is 15.1 Å². The van der Waals surface area contributed by atoms with Crippen molar-refractivity contribution in [2.24, 2.45) is 5.92 Å². The van der Waals surface area contributed by atoms with Gasteiger partial charge in [-0.3, -0.25) is 9.59 Å². The normalized spacial score (nSPS) is 12.0. The lowest BCUT2D eigenvalue weighted by Crippen LogP contribution is -2.34. The zero-order chi connectivity index (χ0) is 16.0. The SMILES string of the molecule is CC(CN(CCCC(=O)O)c1c(F)cccc1F)C(=O)O. The van der Waals surface area contributed by atoms with Gasteiger partial charge >= 0.3 is 11.9 Å². The first-order valence-corrected chi connectivity index (χ1v) is 6.46. The molecule has 0 saturated heterocycles. The summed E-state index contributed by atoms with van der Waals surface area (Å²) in [6.07, 6.45) is 0.00344. The molecule has 1 atom stereocenters. The molecule has 5 nitrogen and oxygen atoms in total. The van der Waals surface area contributed by atoms with E-state index in [4.69, 9.17) is 10.2 Å². The van der Waals surface area contributed by atoms with E-state index in [1.165, 1.54) is 17.9 Å². The first kappa shape index (κ1) is 16.9. The largest absolute Gasteiger partial charge is 0.481 e. The van der Waals surface area contributed by atoms with E-state index in [1.807, 2.05) is 0 Å². The van der Waals surface area contributed by atoms with Gasteiger partial charge in [-0.2, -0.15) is 0 Å². The molecule has 21 heavy (non-hydrogen) atoms. The maximum absolute atomic E-state index is 13.8. The summed E-state index contributed by atoms with van der Waals surface area (Å²) in [7, 11) is 0. The number of benzene rings is 1. The predicted molar refractivity (Wildman–Crippen MR) is 72.2 cm³/mol.